The molecule has 0 atom stereocenters. The lowest BCUT2D eigenvalue weighted by Gasteiger charge is -2.12. The van der Waals surface area contributed by atoms with E-state index in [-0.39, 0.29) is 29.8 Å². The van der Waals surface area contributed by atoms with Gasteiger partial charge in [-0.25, -0.2) is 4.39 Å². The van der Waals surface area contributed by atoms with Crippen molar-refractivity contribution in [2.24, 2.45) is 4.99 Å². The lowest BCUT2D eigenvalue weighted by molar-refractivity contribution is 0.414. The molecule has 4 nitrogen and oxygen atoms in total. The van der Waals surface area contributed by atoms with Crippen molar-refractivity contribution < 1.29 is 9.13 Å². The maximum absolute atomic E-state index is 12.9. The van der Waals surface area contributed by atoms with Crippen molar-refractivity contribution in [2.45, 2.75) is 19.3 Å². The smallest absolute Gasteiger partial charge is 0.190 e. The minimum Gasteiger partial charge on any atom is -0.497 e. The Hall–Kier alpha value is -1.83. The first-order chi connectivity index (χ1) is 12.2. The Bertz CT molecular complexity index is 677. The van der Waals surface area contributed by atoms with Crippen molar-refractivity contribution in [1.82, 2.24) is 10.6 Å². The molecule has 0 unspecified atom stereocenters. The molecule has 0 aliphatic heterocycles. The normalized spacial score (nSPS) is 10.8. The van der Waals surface area contributed by atoms with Crippen molar-refractivity contribution >= 4 is 29.9 Å². The summed E-state index contributed by atoms with van der Waals surface area (Å²) < 4.78 is 18.1. The van der Waals surface area contributed by atoms with Gasteiger partial charge < -0.3 is 15.4 Å². The summed E-state index contributed by atoms with van der Waals surface area (Å²) in [6, 6.07) is 14.7. The van der Waals surface area contributed by atoms with Gasteiger partial charge in [-0.05, 0) is 54.7 Å². The van der Waals surface area contributed by atoms with Crippen LogP contribution in [-0.2, 0) is 12.8 Å². The minimum absolute atomic E-state index is 0. The van der Waals surface area contributed by atoms with E-state index in [0.717, 1.165) is 49.6 Å². The van der Waals surface area contributed by atoms with E-state index >= 15 is 0 Å². The molecule has 0 aliphatic carbocycles. The van der Waals surface area contributed by atoms with Gasteiger partial charge in [-0.15, -0.1) is 24.0 Å². The van der Waals surface area contributed by atoms with Gasteiger partial charge in [-0.2, -0.15) is 0 Å². The quantitative estimate of drug-likeness (QED) is 0.267. The molecule has 0 fully saturated rings. The molecule has 142 valence electrons. The van der Waals surface area contributed by atoms with Crippen LogP contribution in [0.5, 0.6) is 5.75 Å². The van der Waals surface area contributed by atoms with Crippen molar-refractivity contribution in [3.63, 3.8) is 0 Å². The number of guanidine groups is 1. The summed E-state index contributed by atoms with van der Waals surface area (Å²) >= 11 is 0. The van der Waals surface area contributed by atoms with Crippen LogP contribution in [0.4, 0.5) is 4.39 Å². The first-order valence-electron chi connectivity index (χ1n) is 8.53. The SMILES string of the molecule is CN=C(NCCCc1cccc(OC)c1)NCCc1ccc(F)cc1.I. The highest BCUT2D eigenvalue weighted by Crippen LogP contribution is 2.13. The van der Waals surface area contributed by atoms with E-state index < -0.39 is 0 Å². The number of halogens is 2. The zero-order valence-corrected chi connectivity index (χ0v) is 17.6. The Morgan fingerprint density at radius 1 is 1.00 bits per heavy atom. The van der Waals surface area contributed by atoms with Crippen LogP contribution in [0.2, 0.25) is 0 Å². The number of rotatable bonds is 8. The second-order valence-corrected chi connectivity index (χ2v) is 5.76. The molecule has 0 amide bonds. The Labute approximate surface area is 172 Å². The predicted octanol–water partition coefficient (Wildman–Crippen LogP) is 3.79. The van der Waals surface area contributed by atoms with Crippen LogP contribution >= 0.6 is 24.0 Å². The molecule has 0 spiro atoms. The molecule has 2 N–H and O–H groups in total. The summed E-state index contributed by atoms with van der Waals surface area (Å²) in [5.74, 6) is 1.47. The number of aryl methyl sites for hydroxylation is 1. The molecule has 0 saturated carbocycles. The number of nitrogens with one attached hydrogen (secondary N) is 2. The van der Waals surface area contributed by atoms with Gasteiger partial charge in [0, 0.05) is 20.1 Å². The summed E-state index contributed by atoms with van der Waals surface area (Å²) in [7, 11) is 3.44. The molecule has 0 aliphatic rings. The van der Waals surface area contributed by atoms with Gasteiger partial charge in [0.05, 0.1) is 7.11 Å². The van der Waals surface area contributed by atoms with E-state index in [0.29, 0.717) is 0 Å². The summed E-state index contributed by atoms with van der Waals surface area (Å²) in [5, 5.41) is 6.59. The molecule has 2 rings (SSSR count). The Morgan fingerprint density at radius 3 is 2.42 bits per heavy atom. The van der Waals surface area contributed by atoms with Crippen LogP contribution < -0.4 is 15.4 Å². The van der Waals surface area contributed by atoms with E-state index in [2.05, 4.69) is 27.8 Å². The largest absolute Gasteiger partial charge is 0.497 e. The molecule has 0 heterocycles. The number of ether oxygens (including phenoxy) is 1. The lowest BCUT2D eigenvalue weighted by Crippen LogP contribution is -2.38. The summed E-state index contributed by atoms with van der Waals surface area (Å²) in [6.07, 6.45) is 2.81. The fraction of sp³-hybridized carbons (Fsp3) is 0.350. The highest BCUT2D eigenvalue weighted by molar-refractivity contribution is 14.0. The molecule has 6 heteroatoms. The van der Waals surface area contributed by atoms with E-state index in [1.165, 1.54) is 17.7 Å². The average Bonchev–Trinajstić information content (AvgIpc) is 2.65. The van der Waals surface area contributed by atoms with Crippen LogP contribution in [0.3, 0.4) is 0 Å². The summed E-state index contributed by atoms with van der Waals surface area (Å²) in [4.78, 5) is 4.22. The maximum Gasteiger partial charge on any atom is 0.190 e. The van der Waals surface area contributed by atoms with Gasteiger partial charge in [-0.1, -0.05) is 24.3 Å². The van der Waals surface area contributed by atoms with Crippen molar-refractivity contribution in [2.75, 3.05) is 27.2 Å². The number of hydrogen-bond acceptors (Lipinski definition) is 2. The monoisotopic (exact) mass is 471 g/mol. The Kier molecular flexibility index (Phi) is 10.7. The number of nitrogens with zero attached hydrogens (tertiary/aromatic N) is 1. The molecule has 2 aromatic carbocycles. The minimum atomic E-state index is -0.203. The number of benzene rings is 2. The summed E-state index contributed by atoms with van der Waals surface area (Å²) in [5.41, 5.74) is 2.36. The Balaban J connectivity index is 0.00000338. The van der Waals surface area contributed by atoms with Gasteiger partial charge >= 0.3 is 0 Å². The van der Waals surface area contributed by atoms with Crippen molar-refractivity contribution in [1.29, 1.82) is 0 Å². The highest BCUT2D eigenvalue weighted by Gasteiger charge is 2.00. The second kappa shape index (κ2) is 12.5. The fourth-order valence-electron chi connectivity index (χ4n) is 2.52. The topological polar surface area (TPSA) is 45.7 Å². The second-order valence-electron chi connectivity index (χ2n) is 5.76. The van der Waals surface area contributed by atoms with E-state index in [1.54, 1.807) is 26.3 Å². The van der Waals surface area contributed by atoms with E-state index in [9.17, 15) is 4.39 Å². The number of methoxy groups -OCH3 is 1. The molecule has 26 heavy (non-hydrogen) atoms. The van der Waals surface area contributed by atoms with E-state index in [4.69, 9.17) is 4.74 Å². The number of hydrogen-bond donors (Lipinski definition) is 2. The standard InChI is InChI=1S/C20H26FN3O.HI/c1-22-20(24-14-12-16-8-10-18(21)11-9-16)23-13-4-6-17-5-3-7-19(15-17)25-2;/h3,5,7-11,15H,4,6,12-14H2,1-2H3,(H2,22,23,24);1H. The summed E-state index contributed by atoms with van der Waals surface area (Å²) in [6.45, 7) is 1.59. The van der Waals surface area contributed by atoms with Gasteiger partial charge in [0.15, 0.2) is 5.96 Å². The zero-order chi connectivity index (χ0) is 17.9. The van der Waals surface area contributed by atoms with Gasteiger partial charge in [-0.3, -0.25) is 4.99 Å². The molecule has 0 radical (unpaired) electrons. The van der Waals surface area contributed by atoms with Crippen LogP contribution in [0, 0.1) is 5.82 Å². The van der Waals surface area contributed by atoms with E-state index in [1.807, 2.05) is 12.1 Å². The third kappa shape index (κ3) is 8.03. The molecular weight excluding hydrogens is 444 g/mol. The molecule has 0 saturated heterocycles. The van der Waals surface area contributed by atoms with Crippen molar-refractivity contribution in [3.8, 4) is 5.75 Å². The maximum atomic E-state index is 12.9. The fourth-order valence-corrected chi connectivity index (χ4v) is 2.52. The molecule has 0 aromatic heterocycles. The molecular formula is C20H27FIN3O. The van der Waals surface area contributed by atoms with Gasteiger partial charge in [0.2, 0.25) is 0 Å². The third-order valence-corrected chi connectivity index (χ3v) is 3.91. The van der Waals surface area contributed by atoms with Crippen LogP contribution in [0.15, 0.2) is 53.5 Å². The van der Waals surface area contributed by atoms with Gasteiger partial charge in [0.1, 0.15) is 11.6 Å². The van der Waals surface area contributed by atoms with Crippen molar-refractivity contribution in [3.05, 3.63) is 65.5 Å². The first-order valence-corrected chi connectivity index (χ1v) is 8.53. The van der Waals surface area contributed by atoms with Gasteiger partial charge in [0.25, 0.3) is 0 Å². The third-order valence-electron chi connectivity index (χ3n) is 3.91. The Morgan fingerprint density at radius 2 is 1.73 bits per heavy atom. The zero-order valence-electron chi connectivity index (χ0n) is 15.3. The first kappa shape index (κ1) is 22.2. The average molecular weight is 471 g/mol. The molecule has 2 aromatic rings. The lowest BCUT2D eigenvalue weighted by atomic mass is 10.1. The molecule has 0 bridgehead atoms. The highest BCUT2D eigenvalue weighted by atomic mass is 127. The number of aliphatic imine (C=N–C) groups is 1. The van der Waals surface area contributed by atoms with Crippen LogP contribution in [-0.4, -0.2) is 33.2 Å². The van der Waals surface area contributed by atoms with Crippen LogP contribution in [0.25, 0.3) is 0 Å². The van der Waals surface area contributed by atoms with Crippen LogP contribution in [0.1, 0.15) is 17.5 Å². The predicted molar refractivity (Wildman–Crippen MR) is 116 cm³/mol.